The number of nitrogens with one attached hydrogen (secondary N) is 1. The van der Waals surface area contributed by atoms with Crippen molar-refractivity contribution in [1.82, 2.24) is 5.32 Å². The van der Waals surface area contributed by atoms with Gasteiger partial charge in [-0.3, -0.25) is 4.79 Å². The number of carbonyl (C=O) groups excluding carboxylic acids is 1. The number of hydrogen-bond donors (Lipinski definition) is 2. The summed E-state index contributed by atoms with van der Waals surface area (Å²) < 4.78 is 0. The Morgan fingerprint density at radius 2 is 2.00 bits per heavy atom. The highest BCUT2D eigenvalue weighted by molar-refractivity contribution is 6.30. The lowest BCUT2D eigenvalue weighted by Gasteiger charge is -2.17. The molecule has 0 spiro atoms. The van der Waals surface area contributed by atoms with Crippen molar-refractivity contribution in [3.63, 3.8) is 0 Å². The number of halogens is 1. The van der Waals surface area contributed by atoms with Gasteiger partial charge in [0.15, 0.2) is 0 Å². The summed E-state index contributed by atoms with van der Waals surface area (Å²) in [6.07, 6.45) is 1.70. The van der Waals surface area contributed by atoms with E-state index < -0.39 is 6.04 Å². The van der Waals surface area contributed by atoms with E-state index in [1.807, 2.05) is 38.1 Å². The van der Waals surface area contributed by atoms with Crippen LogP contribution in [0.2, 0.25) is 5.02 Å². The normalized spacial score (nSPS) is 14.0. The Morgan fingerprint density at radius 3 is 2.56 bits per heavy atom. The highest BCUT2D eigenvalue weighted by Gasteiger charge is 2.18. The van der Waals surface area contributed by atoms with Crippen LogP contribution in [0.4, 0.5) is 0 Å². The van der Waals surface area contributed by atoms with Crippen LogP contribution in [0.5, 0.6) is 0 Å². The van der Waals surface area contributed by atoms with Crippen LogP contribution < -0.4 is 11.1 Å². The minimum atomic E-state index is -0.416. The highest BCUT2D eigenvalue weighted by atomic mass is 35.5. The molecule has 1 rings (SSSR count). The topological polar surface area (TPSA) is 55.1 Å². The number of carbonyl (C=O) groups is 1. The molecule has 4 heteroatoms. The summed E-state index contributed by atoms with van der Waals surface area (Å²) in [6.45, 7) is 4.62. The first-order valence-corrected chi connectivity index (χ1v) is 6.70. The summed E-state index contributed by atoms with van der Waals surface area (Å²) in [4.78, 5) is 11.7. The van der Waals surface area contributed by atoms with E-state index >= 15 is 0 Å². The van der Waals surface area contributed by atoms with Gasteiger partial charge in [-0.1, -0.05) is 44.0 Å². The van der Waals surface area contributed by atoms with E-state index in [1.54, 1.807) is 0 Å². The molecule has 3 N–H and O–H groups in total. The third-order valence-electron chi connectivity index (χ3n) is 3.19. The third-order valence-corrected chi connectivity index (χ3v) is 3.44. The maximum absolute atomic E-state index is 11.7. The zero-order valence-corrected chi connectivity index (χ0v) is 11.7. The van der Waals surface area contributed by atoms with E-state index in [2.05, 4.69) is 5.32 Å². The van der Waals surface area contributed by atoms with E-state index in [4.69, 9.17) is 17.3 Å². The fourth-order valence-electron chi connectivity index (χ4n) is 1.61. The molecule has 0 heterocycles. The summed E-state index contributed by atoms with van der Waals surface area (Å²) in [5.41, 5.74) is 6.99. The fraction of sp³-hybridized carbons (Fsp3) is 0.500. The first-order valence-electron chi connectivity index (χ1n) is 6.32. The minimum Gasteiger partial charge on any atom is -0.354 e. The van der Waals surface area contributed by atoms with Gasteiger partial charge in [-0.05, 0) is 30.0 Å². The molecule has 0 radical (unpaired) electrons. The molecule has 0 aliphatic rings. The van der Waals surface area contributed by atoms with Crippen molar-refractivity contribution in [2.24, 2.45) is 11.7 Å². The second-order valence-corrected chi connectivity index (χ2v) is 5.02. The standard InChI is InChI=1S/C14H21ClN2O/c1-3-10(2)13(16)14(18)17-9-8-11-4-6-12(15)7-5-11/h4-7,10,13H,3,8-9,16H2,1-2H3,(H,17,18). The number of nitrogens with two attached hydrogens (primary N) is 1. The number of amides is 1. The van der Waals surface area contributed by atoms with Gasteiger partial charge in [-0.25, -0.2) is 0 Å². The molecule has 0 aromatic heterocycles. The van der Waals surface area contributed by atoms with Gasteiger partial charge in [0, 0.05) is 11.6 Å². The van der Waals surface area contributed by atoms with Crippen molar-refractivity contribution in [1.29, 1.82) is 0 Å². The molecule has 0 aliphatic carbocycles. The van der Waals surface area contributed by atoms with E-state index in [9.17, 15) is 4.79 Å². The second-order valence-electron chi connectivity index (χ2n) is 4.58. The average Bonchev–Trinajstić information content (AvgIpc) is 2.39. The molecule has 3 nitrogen and oxygen atoms in total. The molecule has 100 valence electrons. The molecule has 18 heavy (non-hydrogen) atoms. The van der Waals surface area contributed by atoms with Crippen LogP contribution in [0.1, 0.15) is 25.8 Å². The average molecular weight is 269 g/mol. The third kappa shape index (κ3) is 4.67. The Hall–Kier alpha value is -1.06. The van der Waals surface area contributed by atoms with Crippen molar-refractivity contribution in [2.45, 2.75) is 32.7 Å². The maximum atomic E-state index is 11.7. The van der Waals surface area contributed by atoms with E-state index in [0.717, 1.165) is 23.4 Å². The Kier molecular flexibility index (Phi) is 6.16. The first kappa shape index (κ1) is 15.0. The minimum absolute atomic E-state index is 0.0710. The number of hydrogen-bond acceptors (Lipinski definition) is 2. The monoisotopic (exact) mass is 268 g/mol. The molecule has 2 unspecified atom stereocenters. The molecular weight excluding hydrogens is 248 g/mol. The Morgan fingerprint density at radius 1 is 1.39 bits per heavy atom. The summed E-state index contributed by atoms with van der Waals surface area (Å²) in [7, 11) is 0. The van der Waals surface area contributed by atoms with Crippen LogP contribution in [0.15, 0.2) is 24.3 Å². The van der Waals surface area contributed by atoms with Crippen molar-refractivity contribution in [3.05, 3.63) is 34.9 Å². The largest absolute Gasteiger partial charge is 0.354 e. The van der Waals surface area contributed by atoms with Crippen molar-refractivity contribution in [2.75, 3.05) is 6.54 Å². The van der Waals surface area contributed by atoms with E-state index in [1.165, 1.54) is 0 Å². The Bertz CT molecular complexity index is 378. The molecule has 0 saturated heterocycles. The molecule has 0 aliphatic heterocycles. The van der Waals surface area contributed by atoms with Gasteiger partial charge in [0.25, 0.3) is 0 Å². The van der Waals surface area contributed by atoms with Gasteiger partial charge in [-0.2, -0.15) is 0 Å². The summed E-state index contributed by atoms with van der Waals surface area (Å²) in [5, 5.41) is 3.59. The molecule has 2 atom stereocenters. The SMILES string of the molecule is CCC(C)C(N)C(=O)NCCc1ccc(Cl)cc1. The molecule has 0 saturated carbocycles. The first-order chi connectivity index (χ1) is 8.54. The summed E-state index contributed by atoms with van der Waals surface area (Å²) >= 11 is 5.80. The molecule has 1 amide bonds. The van der Waals surface area contributed by atoms with Crippen LogP contribution in [-0.4, -0.2) is 18.5 Å². The van der Waals surface area contributed by atoms with Crippen LogP contribution in [0.25, 0.3) is 0 Å². The van der Waals surface area contributed by atoms with Gasteiger partial charge in [0.05, 0.1) is 6.04 Å². The Labute approximate surface area is 114 Å². The maximum Gasteiger partial charge on any atom is 0.237 e. The van der Waals surface area contributed by atoms with Gasteiger partial charge in [0.2, 0.25) is 5.91 Å². The zero-order valence-electron chi connectivity index (χ0n) is 10.9. The van der Waals surface area contributed by atoms with Gasteiger partial charge in [0.1, 0.15) is 0 Å². The fourth-order valence-corrected chi connectivity index (χ4v) is 1.74. The predicted molar refractivity (Wildman–Crippen MR) is 75.6 cm³/mol. The molecule has 0 bridgehead atoms. The van der Waals surface area contributed by atoms with Crippen LogP contribution >= 0.6 is 11.6 Å². The molecule has 1 aromatic carbocycles. The van der Waals surface area contributed by atoms with Crippen LogP contribution in [0.3, 0.4) is 0 Å². The smallest absolute Gasteiger partial charge is 0.237 e. The lowest BCUT2D eigenvalue weighted by atomic mass is 9.99. The number of rotatable bonds is 6. The van der Waals surface area contributed by atoms with Gasteiger partial charge >= 0.3 is 0 Å². The van der Waals surface area contributed by atoms with E-state index in [-0.39, 0.29) is 11.8 Å². The summed E-state index contributed by atoms with van der Waals surface area (Å²) in [5.74, 6) is 0.138. The number of benzene rings is 1. The van der Waals surface area contributed by atoms with Gasteiger partial charge in [-0.15, -0.1) is 0 Å². The van der Waals surface area contributed by atoms with Crippen LogP contribution in [-0.2, 0) is 11.2 Å². The molecule has 1 aromatic rings. The van der Waals surface area contributed by atoms with Crippen molar-refractivity contribution >= 4 is 17.5 Å². The van der Waals surface area contributed by atoms with Crippen molar-refractivity contribution in [3.8, 4) is 0 Å². The van der Waals surface area contributed by atoms with E-state index in [0.29, 0.717) is 6.54 Å². The Balaban J connectivity index is 2.33. The van der Waals surface area contributed by atoms with Crippen LogP contribution in [0, 0.1) is 5.92 Å². The molecular formula is C14H21ClN2O. The van der Waals surface area contributed by atoms with Crippen molar-refractivity contribution < 1.29 is 4.79 Å². The highest BCUT2D eigenvalue weighted by Crippen LogP contribution is 2.09. The predicted octanol–water partition coefficient (Wildman–Crippen LogP) is 2.37. The molecule has 0 fully saturated rings. The zero-order chi connectivity index (χ0) is 13.5. The summed E-state index contributed by atoms with van der Waals surface area (Å²) in [6, 6.07) is 7.21. The van der Waals surface area contributed by atoms with Gasteiger partial charge < -0.3 is 11.1 Å². The lowest BCUT2D eigenvalue weighted by Crippen LogP contribution is -2.45. The quantitative estimate of drug-likeness (QED) is 0.832. The lowest BCUT2D eigenvalue weighted by molar-refractivity contribution is -0.123. The second kappa shape index (κ2) is 7.39.